The van der Waals surface area contributed by atoms with E-state index in [1.807, 2.05) is 31.2 Å². The second-order valence-corrected chi connectivity index (χ2v) is 3.78. The number of benzene rings is 1. The predicted octanol–water partition coefficient (Wildman–Crippen LogP) is 1.53. The summed E-state index contributed by atoms with van der Waals surface area (Å²) in [6, 6.07) is 9.15. The number of nitrogens with zero attached hydrogens (tertiary/aromatic N) is 3. The Morgan fingerprint density at radius 3 is 2.44 bits per heavy atom. The standard InChI is InChI=1S/C13H14N4O/c1-10-3-4-11(12(9-10)16-2)13(18)17(7-5-14)8-6-15/h3-4,9,16H,7-8H2,1-2H3. The molecule has 0 saturated heterocycles. The zero-order valence-electron chi connectivity index (χ0n) is 10.4. The van der Waals surface area contributed by atoms with E-state index in [-0.39, 0.29) is 19.0 Å². The fourth-order valence-electron chi connectivity index (χ4n) is 1.59. The molecular weight excluding hydrogens is 228 g/mol. The van der Waals surface area contributed by atoms with Gasteiger partial charge in [0.15, 0.2) is 0 Å². The van der Waals surface area contributed by atoms with Crippen LogP contribution in [0.3, 0.4) is 0 Å². The minimum Gasteiger partial charge on any atom is -0.387 e. The highest BCUT2D eigenvalue weighted by Crippen LogP contribution is 2.18. The SMILES string of the molecule is CNc1cc(C)ccc1C(=O)N(CC#N)CC#N. The van der Waals surface area contributed by atoms with Crippen LogP contribution in [0.15, 0.2) is 18.2 Å². The Balaban J connectivity index is 3.09. The number of carbonyl (C=O) groups excluding carboxylic acids is 1. The lowest BCUT2D eigenvalue weighted by atomic mass is 10.1. The van der Waals surface area contributed by atoms with Gasteiger partial charge in [-0.1, -0.05) is 6.07 Å². The van der Waals surface area contributed by atoms with Crippen molar-refractivity contribution in [3.05, 3.63) is 29.3 Å². The van der Waals surface area contributed by atoms with Gasteiger partial charge in [0.1, 0.15) is 13.1 Å². The summed E-state index contributed by atoms with van der Waals surface area (Å²) in [7, 11) is 1.73. The van der Waals surface area contributed by atoms with Crippen molar-refractivity contribution in [3.63, 3.8) is 0 Å². The summed E-state index contributed by atoms with van der Waals surface area (Å²) >= 11 is 0. The Labute approximate surface area is 106 Å². The molecule has 0 radical (unpaired) electrons. The zero-order chi connectivity index (χ0) is 13.5. The summed E-state index contributed by atoms with van der Waals surface area (Å²) in [6.45, 7) is 1.74. The summed E-state index contributed by atoms with van der Waals surface area (Å²) in [5.74, 6) is -0.317. The number of carbonyl (C=O) groups is 1. The highest BCUT2D eigenvalue weighted by atomic mass is 16.2. The molecule has 0 fully saturated rings. The Bertz CT molecular complexity index is 509. The molecule has 0 atom stereocenters. The summed E-state index contributed by atoms with van der Waals surface area (Å²) in [6.07, 6.45) is 0. The molecular formula is C13H14N4O. The second-order valence-electron chi connectivity index (χ2n) is 3.78. The molecule has 0 heterocycles. The molecule has 0 aliphatic heterocycles. The highest BCUT2D eigenvalue weighted by Gasteiger charge is 2.18. The minimum atomic E-state index is -0.317. The van der Waals surface area contributed by atoms with E-state index < -0.39 is 0 Å². The zero-order valence-corrected chi connectivity index (χ0v) is 10.4. The lowest BCUT2D eigenvalue weighted by molar-refractivity contribution is 0.0795. The largest absolute Gasteiger partial charge is 0.387 e. The third-order valence-corrected chi connectivity index (χ3v) is 2.49. The lowest BCUT2D eigenvalue weighted by Gasteiger charge is -2.18. The van der Waals surface area contributed by atoms with Crippen molar-refractivity contribution in [2.45, 2.75) is 6.92 Å². The van der Waals surface area contributed by atoms with E-state index in [1.165, 1.54) is 4.90 Å². The van der Waals surface area contributed by atoms with Gasteiger partial charge in [-0.25, -0.2) is 0 Å². The molecule has 1 amide bonds. The predicted molar refractivity (Wildman–Crippen MR) is 67.9 cm³/mol. The van der Waals surface area contributed by atoms with Gasteiger partial charge in [-0.15, -0.1) is 0 Å². The van der Waals surface area contributed by atoms with Gasteiger partial charge in [0, 0.05) is 12.7 Å². The van der Waals surface area contributed by atoms with Gasteiger partial charge < -0.3 is 10.2 Å². The number of nitriles is 2. The number of anilines is 1. The van der Waals surface area contributed by atoms with E-state index in [4.69, 9.17) is 10.5 Å². The normalized spacial score (nSPS) is 9.11. The molecule has 0 bridgehead atoms. The maximum absolute atomic E-state index is 12.2. The van der Waals surface area contributed by atoms with Crippen LogP contribution in [0, 0.1) is 29.6 Å². The topological polar surface area (TPSA) is 79.9 Å². The molecule has 92 valence electrons. The number of hydrogen-bond acceptors (Lipinski definition) is 4. The second kappa shape index (κ2) is 6.27. The van der Waals surface area contributed by atoms with Crippen molar-refractivity contribution in [2.75, 3.05) is 25.5 Å². The van der Waals surface area contributed by atoms with E-state index in [2.05, 4.69) is 5.32 Å². The van der Waals surface area contributed by atoms with Crippen LogP contribution >= 0.6 is 0 Å². The number of nitrogens with one attached hydrogen (secondary N) is 1. The van der Waals surface area contributed by atoms with Crippen molar-refractivity contribution in [1.29, 1.82) is 10.5 Å². The Kier molecular flexibility index (Phi) is 4.71. The molecule has 1 aromatic carbocycles. The van der Waals surface area contributed by atoms with Crippen LogP contribution in [0.4, 0.5) is 5.69 Å². The van der Waals surface area contributed by atoms with E-state index in [1.54, 1.807) is 13.1 Å². The van der Waals surface area contributed by atoms with Gasteiger partial charge in [0.2, 0.25) is 0 Å². The molecule has 1 rings (SSSR count). The molecule has 18 heavy (non-hydrogen) atoms. The molecule has 1 aromatic rings. The van der Waals surface area contributed by atoms with Gasteiger partial charge in [0.25, 0.3) is 5.91 Å². The van der Waals surface area contributed by atoms with Gasteiger partial charge in [-0.2, -0.15) is 10.5 Å². The molecule has 0 saturated carbocycles. The first-order valence-corrected chi connectivity index (χ1v) is 5.45. The summed E-state index contributed by atoms with van der Waals surface area (Å²) < 4.78 is 0. The number of amides is 1. The molecule has 0 aliphatic rings. The number of hydrogen-bond donors (Lipinski definition) is 1. The smallest absolute Gasteiger partial charge is 0.257 e. The molecule has 0 aromatic heterocycles. The Morgan fingerprint density at radius 2 is 1.94 bits per heavy atom. The Morgan fingerprint density at radius 1 is 1.33 bits per heavy atom. The van der Waals surface area contributed by atoms with Crippen LogP contribution in [0.2, 0.25) is 0 Å². The van der Waals surface area contributed by atoms with E-state index in [0.717, 1.165) is 5.56 Å². The summed E-state index contributed by atoms with van der Waals surface area (Å²) in [5, 5.41) is 20.3. The monoisotopic (exact) mass is 242 g/mol. The van der Waals surface area contributed by atoms with E-state index in [0.29, 0.717) is 11.3 Å². The molecule has 0 spiro atoms. The summed E-state index contributed by atoms with van der Waals surface area (Å²) in [4.78, 5) is 13.4. The first-order chi connectivity index (χ1) is 8.63. The number of aryl methyl sites for hydroxylation is 1. The van der Waals surface area contributed by atoms with Crippen molar-refractivity contribution in [2.24, 2.45) is 0 Å². The van der Waals surface area contributed by atoms with Crippen LogP contribution < -0.4 is 5.32 Å². The van der Waals surface area contributed by atoms with Crippen molar-refractivity contribution >= 4 is 11.6 Å². The van der Waals surface area contributed by atoms with E-state index in [9.17, 15) is 4.79 Å². The molecule has 5 heteroatoms. The van der Waals surface area contributed by atoms with Gasteiger partial charge in [0.05, 0.1) is 17.7 Å². The fraction of sp³-hybridized carbons (Fsp3) is 0.308. The van der Waals surface area contributed by atoms with Gasteiger partial charge >= 0.3 is 0 Å². The van der Waals surface area contributed by atoms with Crippen LogP contribution in [0.25, 0.3) is 0 Å². The third kappa shape index (κ3) is 2.99. The van der Waals surface area contributed by atoms with Gasteiger partial charge in [-0.05, 0) is 24.6 Å². The van der Waals surface area contributed by atoms with Crippen molar-refractivity contribution in [1.82, 2.24) is 4.90 Å². The first-order valence-electron chi connectivity index (χ1n) is 5.45. The fourth-order valence-corrected chi connectivity index (χ4v) is 1.59. The Hall–Kier alpha value is -2.53. The summed E-state index contributed by atoms with van der Waals surface area (Å²) in [5.41, 5.74) is 2.19. The quantitative estimate of drug-likeness (QED) is 0.812. The lowest BCUT2D eigenvalue weighted by Crippen LogP contribution is -2.32. The van der Waals surface area contributed by atoms with Crippen LogP contribution in [-0.2, 0) is 0 Å². The van der Waals surface area contributed by atoms with Crippen molar-refractivity contribution < 1.29 is 4.79 Å². The van der Waals surface area contributed by atoms with Gasteiger partial charge in [-0.3, -0.25) is 4.79 Å². The van der Waals surface area contributed by atoms with Crippen LogP contribution in [0.5, 0.6) is 0 Å². The van der Waals surface area contributed by atoms with E-state index >= 15 is 0 Å². The average Bonchev–Trinajstić information content (AvgIpc) is 2.37. The van der Waals surface area contributed by atoms with Crippen LogP contribution in [0.1, 0.15) is 15.9 Å². The maximum atomic E-state index is 12.2. The minimum absolute atomic E-state index is 0.0938. The molecule has 1 N–H and O–H groups in total. The van der Waals surface area contributed by atoms with Crippen LogP contribution in [-0.4, -0.2) is 30.9 Å². The maximum Gasteiger partial charge on any atom is 0.257 e. The van der Waals surface area contributed by atoms with Crippen molar-refractivity contribution in [3.8, 4) is 12.1 Å². The highest BCUT2D eigenvalue weighted by molar-refractivity contribution is 6.00. The molecule has 5 nitrogen and oxygen atoms in total. The molecule has 0 unspecified atom stereocenters. The third-order valence-electron chi connectivity index (χ3n) is 2.49. The molecule has 0 aliphatic carbocycles. The first kappa shape index (κ1) is 13.5. The average molecular weight is 242 g/mol. The number of rotatable bonds is 4.